The molecule has 0 fully saturated rings. The molecule has 2 aliphatic rings. The highest BCUT2D eigenvalue weighted by molar-refractivity contribution is 5.85. The van der Waals surface area contributed by atoms with Crippen LogP contribution in [0.4, 0.5) is 0 Å². The minimum Gasteiger partial charge on any atom is -0.493 e. The molecule has 1 N–H and O–H groups in total. The third-order valence-corrected chi connectivity index (χ3v) is 6.56. The van der Waals surface area contributed by atoms with E-state index >= 15 is 0 Å². The number of rotatable bonds is 10. The highest BCUT2D eigenvalue weighted by atomic mass is 35.5. The first-order valence-corrected chi connectivity index (χ1v) is 11.1. The van der Waals surface area contributed by atoms with Gasteiger partial charge in [0.2, 0.25) is 5.91 Å². The number of nitrogens with one attached hydrogen (secondary N) is 1. The molecule has 0 aromatic heterocycles. The van der Waals surface area contributed by atoms with E-state index in [1.807, 2.05) is 12.1 Å². The van der Waals surface area contributed by atoms with Gasteiger partial charge in [0.1, 0.15) is 0 Å². The van der Waals surface area contributed by atoms with Gasteiger partial charge in [0.25, 0.3) is 0 Å². The van der Waals surface area contributed by atoms with Crippen LogP contribution >= 0.6 is 12.4 Å². The Morgan fingerprint density at radius 3 is 2.32 bits per heavy atom. The lowest BCUT2D eigenvalue weighted by molar-refractivity contribution is -0.130. The number of nitrogens with zero attached hydrogens (tertiary/aromatic N) is 1. The van der Waals surface area contributed by atoms with Crippen LogP contribution < -0.4 is 24.3 Å². The Kier molecular flexibility index (Phi) is 6.40. The number of amides is 1. The zero-order valence-corrected chi connectivity index (χ0v) is 20.3. The van der Waals surface area contributed by atoms with Gasteiger partial charge in [-0.1, -0.05) is 0 Å². The minimum absolute atomic E-state index is 0. The van der Waals surface area contributed by atoms with E-state index in [9.17, 15) is 4.79 Å². The van der Waals surface area contributed by atoms with Crippen molar-refractivity contribution < 1.29 is 32.0 Å². The third kappa shape index (κ3) is 5.36. The van der Waals surface area contributed by atoms with E-state index in [0.29, 0.717) is 31.0 Å². The number of halogens is 1. The van der Waals surface area contributed by atoms with E-state index in [0.717, 1.165) is 43.0 Å². The Hall–Kier alpha value is -2.64. The molecule has 0 spiro atoms. The molecule has 1 amide bonds. The average Bonchev–Trinajstić information content (AvgIpc) is 2.97. The first-order chi connectivity index (χ1) is 18.4. The van der Waals surface area contributed by atoms with Gasteiger partial charge < -0.3 is 29.2 Å². The van der Waals surface area contributed by atoms with E-state index in [2.05, 4.69) is 5.32 Å². The van der Waals surface area contributed by atoms with Crippen LogP contribution in [0.25, 0.3) is 0 Å². The number of carbonyl (C=O) groups is 1. The van der Waals surface area contributed by atoms with Crippen molar-refractivity contribution in [2.24, 2.45) is 0 Å². The van der Waals surface area contributed by atoms with Crippen molar-refractivity contribution in [2.45, 2.75) is 31.6 Å². The summed E-state index contributed by atoms with van der Waals surface area (Å²) in [6.45, 7) is 2.63. The fourth-order valence-electron chi connectivity index (χ4n) is 4.68. The second kappa shape index (κ2) is 11.7. The zero-order chi connectivity index (χ0) is 28.4. The maximum Gasteiger partial charge on any atom is 0.227 e. The Morgan fingerprint density at radius 2 is 1.62 bits per heavy atom. The molecule has 0 saturated heterocycles. The van der Waals surface area contributed by atoms with Crippen LogP contribution in [-0.2, 0) is 24.1 Å². The van der Waals surface area contributed by atoms with E-state index in [-0.39, 0.29) is 36.2 Å². The van der Waals surface area contributed by atoms with E-state index in [1.165, 1.54) is 23.3 Å². The van der Waals surface area contributed by atoms with Crippen LogP contribution in [0.1, 0.15) is 42.8 Å². The molecule has 1 aliphatic heterocycles. The number of fused-ring (bicyclic) bond motifs is 2. The lowest BCUT2D eigenvalue weighted by Crippen LogP contribution is -2.35. The molecule has 1 aliphatic carbocycles. The van der Waals surface area contributed by atoms with Crippen molar-refractivity contribution in [2.75, 3.05) is 54.5 Å². The lowest BCUT2D eigenvalue weighted by atomic mass is 9.77. The van der Waals surface area contributed by atoms with Crippen LogP contribution in [0.5, 0.6) is 23.0 Å². The molecule has 186 valence electrons. The molecule has 8 heteroatoms. The summed E-state index contributed by atoms with van der Waals surface area (Å²) in [4.78, 5) is 14.8. The summed E-state index contributed by atoms with van der Waals surface area (Å²) in [5.74, 6) is 1.41. The first kappa shape index (κ1) is 18.7. The quantitative estimate of drug-likeness (QED) is 0.508. The highest BCUT2D eigenvalue weighted by Crippen LogP contribution is 2.42. The highest BCUT2D eigenvalue weighted by Gasteiger charge is 2.28. The summed E-state index contributed by atoms with van der Waals surface area (Å²) in [5, 5.41) is 3.49. The summed E-state index contributed by atoms with van der Waals surface area (Å²) in [5.41, 5.74) is 3.88. The van der Waals surface area contributed by atoms with Crippen molar-refractivity contribution in [1.82, 2.24) is 10.2 Å². The number of ether oxygens (including phenoxy) is 4. The van der Waals surface area contributed by atoms with Gasteiger partial charge in [0, 0.05) is 25.6 Å². The van der Waals surface area contributed by atoms with Gasteiger partial charge in [0.05, 0.1) is 42.9 Å². The largest absolute Gasteiger partial charge is 0.493 e. The van der Waals surface area contributed by atoms with Crippen LogP contribution in [-0.4, -0.2) is 65.3 Å². The first-order valence-electron chi connectivity index (χ1n) is 14.1. The Morgan fingerprint density at radius 1 is 0.971 bits per heavy atom. The summed E-state index contributed by atoms with van der Waals surface area (Å²) < 4.78 is 65.2. The fraction of sp³-hybridized carbons (Fsp3) is 0.500. The van der Waals surface area contributed by atoms with Gasteiger partial charge in [-0.15, -0.1) is 12.4 Å². The Bertz CT molecular complexity index is 1210. The van der Waals surface area contributed by atoms with Crippen LogP contribution in [0, 0.1) is 0 Å². The molecule has 4 rings (SSSR count). The molecule has 1 heterocycles. The lowest BCUT2D eigenvalue weighted by Gasteiger charge is -2.31. The van der Waals surface area contributed by atoms with E-state index in [1.54, 1.807) is 19.1 Å². The van der Waals surface area contributed by atoms with Gasteiger partial charge in [-0.3, -0.25) is 4.79 Å². The number of benzene rings is 2. The van der Waals surface area contributed by atoms with E-state index < -0.39 is 14.1 Å². The zero-order valence-electron chi connectivity index (χ0n) is 25.4. The van der Waals surface area contributed by atoms with Crippen molar-refractivity contribution in [1.29, 1.82) is 0 Å². The fourth-order valence-corrected chi connectivity index (χ4v) is 4.68. The number of hydrogen-bond acceptors (Lipinski definition) is 6. The minimum atomic E-state index is -2.80. The number of hydrogen-bond donors (Lipinski definition) is 1. The van der Waals surface area contributed by atoms with Crippen molar-refractivity contribution in [3.05, 3.63) is 46.5 Å². The number of carbonyl (C=O) groups excluding carboxylic acids is 1. The third-order valence-electron chi connectivity index (χ3n) is 6.56. The molecular formula is C26H35ClN2O5. The molecule has 2 aromatic carbocycles. The van der Waals surface area contributed by atoms with Gasteiger partial charge in [-0.25, -0.2) is 0 Å². The van der Waals surface area contributed by atoms with Gasteiger partial charge in [0.15, 0.2) is 23.0 Å². The molecule has 0 saturated carbocycles. The molecule has 0 bridgehead atoms. The summed E-state index contributed by atoms with van der Waals surface area (Å²) in [6.07, 6.45) is 2.31. The van der Waals surface area contributed by atoms with Crippen molar-refractivity contribution >= 4 is 18.3 Å². The van der Waals surface area contributed by atoms with Crippen molar-refractivity contribution in [3.8, 4) is 23.0 Å². The molecular weight excluding hydrogens is 456 g/mol. The summed E-state index contributed by atoms with van der Waals surface area (Å²) in [7, 11) is -2.31. The second-order valence-electron chi connectivity index (χ2n) is 8.44. The Labute approximate surface area is 216 Å². The molecule has 34 heavy (non-hydrogen) atoms. The van der Waals surface area contributed by atoms with Crippen LogP contribution in [0.3, 0.4) is 0 Å². The summed E-state index contributed by atoms with van der Waals surface area (Å²) >= 11 is 0. The van der Waals surface area contributed by atoms with Gasteiger partial charge >= 0.3 is 0 Å². The molecule has 7 nitrogen and oxygen atoms in total. The normalized spacial score (nSPS) is 19.8. The molecule has 0 unspecified atom stereocenters. The second-order valence-corrected chi connectivity index (χ2v) is 8.44. The molecule has 0 radical (unpaired) electrons. The van der Waals surface area contributed by atoms with Gasteiger partial charge in [-0.05, 0) is 72.3 Å². The maximum atomic E-state index is 13.0. The van der Waals surface area contributed by atoms with Crippen molar-refractivity contribution in [3.63, 3.8) is 0 Å². The monoisotopic (exact) mass is 496 g/mol. The SMILES string of the molecule is Cl.[2H]C([2H])([2H])Oc1cc2c(cc1OC([2H])([2H])[2H])CC(=O)N(CCCNC[C@H]1Cc3cc(OC)c(OC)cc31)CC2. The van der Waals surface area contributed by atoms with Gasteiger partial charge in [-0.2, -0.15) is 0 Å². The molecule has 2 aromatic rings. The summed E-state index contributed by atoms with van der Waals surface area (Å²) in [6, 6.07) is 6.96. The predicted octanol–water partition coefficient (Wildman–Crippen LogP) is 3.39. The Balaban J connectivity index is 0.00000441. The molecule has 1 atom stereocenters. The number of methoxy groups -OCH3 is 4. The average molecular weight is 497 g/mol. The predicted molar refractivity (Wildman–Crippen MR) is 134 cm³/mol. The van der Waals surface area contributed by atoms with E-state index in [4.69, 9.17) is 27.2 Å². The van der Waals surface area contributed by atoms with Crippen LogP contribution in [0.15, 0.2) is 24.3 Å². The topological polar surface area (TPSA) is 69.3 Å². The maximum absolute atomic E-state index is 13.0. The van der Waals surface area contributed by atoms with Crippen LogP contribution in [0.2, 0.25) is 0 Å². The standard InChI is InChI=1S/C26H34N2O5.ClH/c1-30-22-11-17-6-9-28(26(29)14-18(17)12-23(22)31-2)8-5-7-27-16-20-10-19-13-24(32-3)25(33-4)15-21(19)20;/h11-13,15,20,27H,5-10,14,16H2,1-4H3;1H/t20-;/m1./s1/i1D3,2D3;. The smallest absolute Gasteiger partial charge is 0.227 e.